The fourth-order valence-electron chi connectivity index (χ4n) is 2.93. The molecule has 1 aliphatic heterocycles. The van der Waals surface area contributed by atoms with Crippen molar-refractivity contribution in [3.8, 4) is 0 Å². The molecule has 2 amide bonds. The standard InChI is InChI=1S/C18H31NO3/c1-5-7-9-10-11-14(3)18(21)19-15(12-8-6-2)16(22-4)13-17(19)20/h13-15H,5-12H2,1-4H3/t14-,15+/m1/s1. The normalized spacial score (nSPS) is 19.3. The zero-order chi connectivity index (χ0) is 16.5. The molecule has 0 aliphatic carbocycles. The highest BCUT2D eigenvalue weighted by atomic mass is 16.5. The van der Waals surface area contributed by atoms with E-state index >= 15 is 0 Å². The van der Waals surface area contributed by atoms with Gasteiger partial charge in [0.2, 0.25) is 5.91 Å². The Bertz CT molecular complexity index is 403. The minimum absolute atomic E-state index is 0.0501. The summed E-state index contributed by atoms with van der Waals surface area (Å²) < 4.78 is 5.31. The lowest BCUT2D eigenvalue weighted by molar-refractivity contribution is -0.146. The Labute approximate surface area is 134 Å². The summed E-state index contributed by atoms with van der Waals surface area (Å²) in [5.41, 5.74) is 0. The van der Waals surface area contributed by atoms with E-state index in [1.54, 1.807) is 7.11 Å². The second-order valence-corrected chi connectivity index (χ2v) is 6.21. The Morgan fingerprint density at radius 3 is 2.50 bits per heavy atom. The monoisotopic (exact) mass is 309 g/mol. The second kappa shape index (κ2) is 9.65. The van der Waals surface area contributed by atoms with Crippen molar-refractivity contribution in [1.82, 2.24) is 4.90 Å². The highest BCUT2D eigenvalue weighted by molar-refractivity contribution is 6.04. The summed E-state index contributed by atoms with van der Waals surface area (Å²) in [6.07, 6.45) is 9.73. The van der Waals surface area contributed by atoms with Crippen molar-refractivity contribution < 1.29 is 14.3 Å². The molecule has 2 atom stereocenters. The molecule has 1 aliphatic rings. The Morgan fingerprint density at radius 1 is 1.23 bits per heavy atom. The minimum Gasteiger partial charge on any atom is -0.499 e. The van der Waals surface area contributed by atoms with Gasteiger partial charge in [0.05, 0.1) is 13.2 Å². The molecule has 0 aromatic rings. The predicted octanol–water partition coefficient (Wildman–Crippen LogP) is 4.05. The third kappa shape index (κ3) is 4.85. The van der Waals surface area contributed by atoms with Crippen LogP contribution >= 0.6 is 0 Å². The topological polar surface area (TPSA) is 46.6 Å². The van der Waals surface area contributed by atoms with Crippen LogP contribution in [0.15, 0.2) is 11.8 Å². The highest BCUT2D eigenvalue weighted by Crippen LogP contribution is 2.27. The SMILES string of the molecule is CCCCCC[C@@H](C)C(=O)N1C(=O)C=C(OC)[C@@H]1CCCC. The Morgan fingerprint density at radius 2 is 1.91 bits per heavy atom. The van der Waals surface area contributed by atoms with Gasteiger partial charge < -0.3 is 4.74 Å². The molecule has 0 bridgehead atoms. The van der Waals surface area contributed by atoms with Gasteiger partial charge in [-0.3, -0.25) is 14.5 Å². The van der Waals surface area contributed by atoms with Crippen LogP contribution in [0, 0.1) is 5.92 Å². The van der Waals surface area contributed by atoms with E-state index in [-0.39, 0.29) is 23.8 Å². The first kappa shape index (κ1) is 18.7. The largest absolute Gasteiger partial charge is 0.499 e. The fourth-order valence-corrected chi connectivity index (χ4v) is 2.93. The first-order valence-corrected chi connectivity index (χ1v) is 8.69. The molecular formula is C18H31NO3. The molecule has 0 spiro atoms. The summed E-state index contributed by atoms with van der Waals surface area (Å²) >= 11 is 0. The van der Waals surface area contributed by atoms with E-state index in [1.165, 1.54) is 23.8 Å². The molecule has 1 heterocycles. The number of hydrogen-bond donors (Lipinski definition) is 0. The number of imide groups is 1. The molecule has 1 rings (SSSR count). The van der Waals surface area contributed by atoms with Crippen LogP contribution in [0.25, 0.3) is 0 Å². The zero-order valence-electron chi connectivity index (χ0n) is 14.6. The summed E-state index contributed by atoms with van der Waals surface area (Å²) in [5, 5.41) is 0. The number of nitrogens with zero attached hydrogens (tertiary/aromatic N) is 1. The lowest BCUT2D eigenvalue weighted by atomic mass is 10.00. The van der Waals surface area contributed by atoms with Gasteiger partial charge in [-0.05, 0) is 12.8 Å². The van der Waals surface area contributed by atoms with Crippen LogP contribution in [0.1, 0.15) is 72.1 Å². The first-order valence-electron chi connectivity index (χ1n) is 8.69. The van der Waals surface area contributed by atoms with Gasteiger partial charge in [-0.15, -0.1) is 0 Å². The van der Waals surface area contributed by atoms with Crippen LogP contribution in [0.2, 0.25) is 0 Å². The maximum atomic E-state index is 12.7. The van der Waals surface area contributed by atoms with Crippen molar-refractivity contribution in [2.45, 2.75) is 78.2 Å². The van der Waals surface area contributed by atoms with E-state index < -0.39 is 0 Å². The Balaban J connectivity index is 2.66. The minimum atomic E-state index is -0.219. The quantitative estimate of drug-likeness (QED) is 0.572. The van der Waals surface area contributed by atoms with E-state index in [4.69, 9.17) is 4.74 Å². The van der Waals surface area contributed by atoms with Crippen LogP contribution in [0.4, 0.5) is 0 Å². The van der Waals surface area contributed by atoms with Gasteiger partial charge in [0.25, 0.3) is 5.91 Å². The van der Waals surface area contributed by atoms with Crippen LogP contribution in [-0.2, 0) is 14.3 Å². The van der Waals surface area contributed by atoms with Gasteiger partial charge in [-0.2, -0.15) is 0 Å². The molecule has 0 saturated carbocycles. The van der Waals surface area contributed by atoms with E-state index in [1.807, 2.05) is 6.92 Å². The number of carbonyl (C=O) groups excluding carboxylic acids is 2. The molecule has 0 saturated heterocycles. The number of rotatable bonds is 10. The molecule has 0 fully saturated rings. The van der Waals surface area contributed by atoms with Crippen LogP contribution in [-0.4, -0.2) is 29.9 Å². The van der Waals surface area contributed by atoms with E-state index in [0.29, 0.717) is 5.76 Å². The van der Waals surface area contributed by atoms with Crippen molar-refractivity contribution in [2.24, 2.45) is 5.92 Å². The predicted molar refractivity (Wildman–Crippen MR) is 88.2 cm³/mol. The van der Waals surface area contributed by atoms with E-state index in [0.717, 1.165) is 38.5 Å². The molecule has 126 valence electrons. The van der Waals surface area contributed by atoms with Gasteiger partial charge in [0, 0.05) is 12.0 Å². The summed E-state index contributed by atoms with van der Waals surface area (Å²) in [6, 6.07) is -0.206. The molecular weight excluding hydrogens is 278 g/mol. The smallest absolute Gasteiger partial charge is 0.257 e. The highest BCUT2D eigenvalue weighted by Gasteiger charge is 2.39. The van der Waals surface area contributed by atoms with Gasteiger partial charge in [0.15, 0.2) is 0 Å². The molecule has 0 N–H and O–H groups in total. The number of carbonyl (C=O) groups is 2. The molecule has 0 unspecified atom stereocenters. The lowest BCUT2D eigenvalue weighted by Gasteiger charge is -2.27. The molecule has 0 aromatic heterocycles. The summed E-state index contributed by atoms with van der Waals surface area (Å²) in [7, 11) is 1.57. The number of amides is 2. The number of unbranched alkanes of at least 4 members (excludes halogenated alkanes) is 4. The van der Waals surface area contributed by atoms with Crippen molar-refractivity contribution in [3.05, 3.63) is 11.8 Å². The fraction of sp³-hybridized carbons (Fsp3) is 0.778. The molecule has 4 heteroatoms. The third-order valence-electron chi connectivity index (χ3n) is 4.36. The first-order chi connectivity index (χ1) is 10.6. The maximum Gasteiger partial charge on any atom is 0.257 e. The number of ether oxygens (including phenoxy) is 1. The average molecular weight is 309 g/mol. The van der Waals surface area contributed by atoms with E-state index in [9.17, 15) is 9.59 Å². The summed E-state index contributed by atoms with van der Waals surface area (Å²) in [4.78, 5) is 26.3. The third-order valence-corrected chi connectivity index (χ3v) is 4.36. The molecule has 0 radical (unpaired) electrons. The zero-order valence-corrected chi connectivity index (χ0v) is 14.6. The van der Waals surface area contributed by atoms with Crippen molar-refractivity contribution >= 4 is 11.8 Å². The van der Waals surface area contributed by atoms with Crippen molar-refractivity contribution in [3.63, 3.8) is 0 Å². The van der Waals surface area contributed by atoms with Gasteiger partial charge in [-0.25, -0.2) is 0 Å². The van der Waals surface area contributed by atoms with Crippen molar-refractivity contribution in [1.29, 1.82) is 0 Å². The Hall–Kier alpha value is -1.32. The summed E-state index contributed by atoms with van der Waals surface area (Å²) in [6.45, 7) is 6.21. The molecule has 0 aromatic carbocycles. The van der Waals surface area contributed by atoms with Crippen LogP contribution in [0.3, 0.4) is 0 Å². The number of methoxy groups -OCH3 is 1. The molecule has 4 nitrogen and oxygen atoms in total. The van der Waals surface area contributed by atoms with Gasteiger partial charge in [-0.1, -0.05) is 59.3 Å². The Kier molecular flexibility index (Phi) is 8.21. The lowest BCUT2D eigenvalue weighted by Crippen LogP contribution is -2.43. The van der Waals surface area contributed by atoms with E-state index in [2.05, 4.69) is 13.8 Å². The summed E-state index contributed by atoms with van der Waals surface area (Å²) in [5.74, 6) is 0.258. The maximum absolute atomic E-state index is 12.7. The van der Waals surface area contributed by atoms with Crippen molar-refractivity contribution in [2.75, 3.05) is 7.11 Å². The van der Waals surface area contributed by atoms with Crippen LogP contribution in [0.5, 0.6) is 0 Å². The van der Waals surface area contributed by atoms with Gasteiger partial charge >= 0.3 is 0 Å². The average Bonchev–Trinajstić information content (AvgIpc) is 2.84. The van der Waals surface area contributed by atoms with Crippen LogP contribution < -0.4 is 0 Å². The molecule has 22 heavy (non-hydrogen) atoms. The second-order valence-electron chi connectivity index (χ2n) is 6.21. The number of hydrogen-bond acceptors (Lipinski definition) is 3. The van der Waals surface area contributed by atoms with Gasteiger partial charge in [0.1, 0.15) is 5.76 Å².